The number of benzene rings is 3. The Balaban J connectivity index is 1.64. The van der Waals surface area contributed by atoms with Crippen LogP contribution < -0.4 is 20.1 Å². The Hall–Kier alpha value is -5.83. The molecule has 264 valence electrons. The Bertz CT molecular complexity index is 1680. The molecule has 0 radical (unpaired) electrons. The average Bonchev–Trinajstić information content (AvgIpc) is 3.55. The molecule has 3 amide bonds. The number of carboxylic acid groups (broad SMARTS) is 1. The van der Waals surface area contributed by atoms with Crippen molar-refractivity contribution in [2.75, 3.05) is 13.7 Å². The Morgan fingerprint density at radius 3 is 2.16 bits per heavy atom. The highest BCUT2D eigenvalue weighted by Gasteiger charge is 2.46. The first-order valence-corrected chi connectivity index (χ1v) is 15.8. The van der Waals surface area contributed by atoms with Gasteiger partial charge in [0.2, 0.25) is 17.7 Å². The van der Waals surface area contributed by atoms with E-state index in [4.69, 9.17) is 19.3 Å². The van der Waals surface area contributed by atoms with Gasteiger partial charge < -0.3 is 30.0 Å². The predicted molar refractivity (Wildman–Crippen MR) is 177 cm³/mol. The molecule has 1 aliphatic rings. The van der Waals surface area contributed by atoms with Gasteiger partial charge in [-0.1, -0.05) is 56.3 Å². The van der Waals surface area contributed by atoms with E-state index in [0.717, 1.165) is 0 Å². The molecule has 0 saturated carbocycles. The van der Waals surface area contributed by atoms with E-state index in [1.807, 2.05) is 0 Å². The number of hydrogen-bond acceptors (Lipinski definition) is 10. The second kappa shape index (κ2) is 17.0. The maximum absolute atomic E-state index is 14.3. The Morgan fingerprint density at radius 2 is 1.58 bits per heavy atom. The number of carbonyl (C=O) groups excluding carboxylic acids is 4. The molecule has 0 bridgehead atoms. The number of non-ortho nitro benzene ring substituents is 1. The van der Waals surface area contributed by atoms with Crippen LogP contribution in [0.3, 0.4) is 0 Å². The standard InChI is InChI=1S/C35H38N4O11/c1-21(2)31(37-29(40)17-18-30(41)42)33(44)38-28(20-49-34(38)23-9-13-25(48-3)14-10-23)32(43)36-27(19-22-7-5-4-6-8-22)35(45)50-26-15-11-24(12-16-26)39(46)47/h4-16,21,27-28,31,34H,17-20H2,1-3H3,(H,36,43)(H,37,40)(H,41,42)/t27-,28-,31-,34+/m0/s1. The maximum atomic E-state index is 14.3. The minimum atomic E-state index is -1.27. The molecule has 3 aromatic carbocycles. The van der Waals surface area contributed by atoms with Crippen LogP contribution in [-0.2, 0) is 35.1 Å². The summed E-state index contributed by atoms with van der Waals surface area (Å²) in [5.74, 6) is -3.99. The second-order valence-corrected chi connectivity index (χ2v) is 11.8. The average molecular weight is 691 g/mol. The maximum Gasteiger partial charge on any atom is 0.334 e. The molecular weight excluding hydrogens is 652 g/mol. The normalized spacial score (nSPS) is 16.6. The number of nitrogens with one attached hydrogen (secondary N) is 2. The van der Waals surface area contributed by atoms with Gasteiger partial charge in [0.15, 0.2) is 6.23 Å². The van der Waals surface area contributed by atoms with E-state index in [1.165, 1.54) is 36.3 Å². The van der Waals surface area contributed by atoms with Crippen LogP contribution in [0.15, 0.2) is 78.9 Å². The summed E-state index contributed by atoms with van der Waals surface area (Å²) in [4.78, 5) is 77.2. The third kappa shape index (κ3) is 9.63. The van der Waals surface area contributed by atoms with Gasteiger partial charge in [-0.2, -0.15) is 0 Å². The quantitative estimate of drug-likeness (QED) is 0.0915. The molecule has 1 saturated heterocycles. The van der Waals surface area contributed by atoms with Crippen molar-refractivity contribution in [3.8, 4) is 11.5 Å². The van der Waals surface area contributed by atoms with Crippen LogP contribution in [0.5, 0.6) is 11.5 Å². The fraction of sp³-hybridized carbons (Fsp3) is 0.343. The molecule has 1 heterocycles. The fourth-order valence-electron chi connectivity index (χ4n) is 5.28. The molecule has 1 fully saturated rings. The van der Waals surface area contributed by atoms with E-state index in [2.05, 4.69) is 10.6 Å². The lowest BCUT2D eigenvalue weighted by molar-refractivity contribution is -0.384. The number of esters is 1. The predicted octanol–water partition coefficient (Wildman–Crippen LogP) is 3.17. The highest BCUT2D eigenvalue weighted by Crippen LogP contribution is 2.33. The summed E-state index contributed by atoms with van der Waals surface area (Å²) < 4.78 is 16.8. The van der Waals surface area contributed by atoms with E-state index in [9.17, 15) is 34.1 Å². The van der Waals surface area contributed by atoms with Crippen molar-refractivity contribution in [3.05, 3.63) is 100 Å². The van der Waals surface area contributed by atoms with E-state index < -0.39 is 71.3 Å². The highest BCUT2D eigenvalue weighted by atomic mass is 16.6. The molecular formula is C35H38N4O11. The summed E-state index contributed by atoms with van der Waals surface area (Å²) in [6, 6.07) is 16.7. The molecule has 0 unspecified atom stereocenters. The zero-order chi connectivity index (χ0) is 36.4. The van der Waals surface area contributed by atoms with Crippen molar-refractivity contribution in [2.24, 2.45) is 5.92 Å². The van der Waals surface area contributed by atoms with Crippen LogP contribution in [0.25, 0.3) is 0 Å². The van der Waals surface area contributed by atoms with Crippen molar-refractivity contribution >= 4 is 35.3 Å². The van der Waals surface area contributed by atoms with Crippen molar-refractivity contribution in [2.45, 2.75) is 57.5 Å². The monoisotopic (exact) mass is 690 g/mol. The smallest absolute Gasteiger partial charge is 0.334 e. The Kier molecular flexibility index (Phi) is 12.6. The second-order valence-electron chi connectivity index (χ2n) is 11.8. The number of nitro benzene ring substituents is 1. The first-order chi connectivity index (χ1) is 23.9. The minimum absolute atomic E-state index is 0.0100. The van der Waals surface area contributed by atoms with Crippen LogP contribution in [0.2, 0.25) is 0 Å². The number of nitrogens with zero attached hydrogens (tertiary/aromatic N) is 2. The first-order valence-electron chi connectivity index (χ1n) is 15.8. The summed E-state index contributed by atoms with van der Waals surface area (Å²) in [6.45, 7) is 3.12. The number of rotatable bonds is 15. The third-order valence-electron chi connectivity index (χ3n) is 7.92. The summed E-state index contributed by atoms with van der Waals surface area (Å²) in [7, 11) is 1.50. The van der Waals surface area contributed by atoms with Crippen molar-refractivity contribution < 1.29 is 48.2 Å². The minimum Gasteiger partial charge on any atom is -0.497 e. The van der Waals surface area contributed by atoms with E-state index in [0.29, 0.717) is 16.9 Å². The van der Waals surface area contributed by atoms with Crippen LogP contribution in [-0.4, -0.2) is 76.4 Å². The van der Waals surface area contributed by atoms with E-state index in [-0.39, 0.29) is 30.9 Å². The molecule has 15 nitrogen and oxygen atoms in total. The molecule has 3 N–H and O–H groups in total. The number of carboxylic acids is 1. The number of carbonyl (C=O) groups is 5. The zero-order valence-corrected chi connectivity index (χ0v) is 27.6. The zero-order valence-electron chi connectivity index (χ0n) is 27.6. The molecule has 50 heavy (non-hydrogen) atoms. The lowest BCUT2D eigenvalue weighted by Gasteiger charge is -2.33. The summed E-state index contributed by atoms with van der Waals surface area (Å²) in [5.41, 5.74) is 0.996. The number of nitro groups is 1. The van der Waals surface area contributed by atoms with Gasteiger partial charge >= 0.3 is 11.9 Å². The van der Waals surface area contributed by atoms with E-state index in [1.54, 1.807) is 68.4 Å². The molecule has 4 atom stereocenters. The van der Waals surface area contributed by atoms with Gasteiger partial charge in [0, 0.05) is 30.5 Å². The summed E-state index contributed by atoms with van der Waals surface area (Å²) in [6.07, 6.45) is -1.85. The van der Waals surface area contributed by atoms with Crippen molar-refractivity contribution in [1.82, 2.24) is 15.5 Å². The van der Waals surface area contributed by atoms with Gasteiger partial charge in [-0.3, -0.25) is 34.2 Å². The number of ether oxygens (including phenoxy) is 3. The van der Waals surface area contributed by atoms with Crippen molar-refractivity contribution in [3.63, 3.8) is 0 Å². The largest absolute Gasteiger partial charge is 0.497 e. The topological polar surface area (TPSA) is 204 Å². The van der Waals surface area contributed by atoms with Gasteiger partial charge in [-0.15, -0.1) is 0 Å². The number of methoxy groups -OCH3 is 1. The lowest BCUT2D eigenvalue weighted by atomic mass is 10.00. The number of hydrogen-bond donors (Lipinski definition) is 3. The van der Waals surface area contributed by atoms with Gasteiger partial charge in [0.25, 0.3) is 5.69 Å². The molecule has 0 spiro atoms. The van der Waals surface area contributed by atoms with Crippen LogP contribution >= 0.6 is 0 Å². The lowest BCUT2D eigenvalue weighted by Crippen LogP contribution is -2.58. The molecule has 15 heteroatoms. The van der Waals surface area contributed by atoms with Gasteiger partial charge in [-0.05, 0) is 35.7 Å². The van der Waals surface area contributed by atoms with Gasteiger partial charge in [-0.25, -0.2) is 4.79 Å². The first kappa shape index (κ1) is 37.0. The summed E-state index contributed by atoms with van der Waals surface area (Å²) >= 11 is 0. The molecule has 1 aliphatic heterocycles. The van der Waals surface area contributed by atoms with Crippen LogP contribution in [0.1, 0.15) is 44.0 Å². The van der Waals surface area contributed by atoms with Crippen LogP contribution in [0.4, 0.5) is 5.69 Å². The summed E-state index contributed by atoms with van der Waals surface area (Å²) in [5, 5.41) is 25.4. The van der Waals surface area contributed by atoms with Gasteiger partial charge in [0.1, 0.15) is 29.6 Å². The molecule has 4 rings (SSSR count). The van der Waals surface area contributed by atoms with Crippen LogP contribution in [0, 0.1) is 16.0 Å². The molecule has 0 aromatic heterocycles. The Morgan fingerprint density at radius 1 is 0.940 bits per heavy atom. The number of amides is 3. The van der Waals surface area contributed by atoms with Gasteiger partial charge in [0.05, 0.1) is 25.1 Å². The van der Waals surface area contributed by atoms with Crippen molar-refractivity contribution in [1.29, 1.82) is 0 Å². The molecule has 0 aliphatic carbocycles. The molecule has 3 aromatic rings. The third-order valence-corrected chi connectivity index (χ3v) is 7.92. The number of aliphatic carboxylic acids is 1. The highest BCUT2D eigenvalue weighted by molar-refractivity contribution is 5.95. The SMILES string of the molecule is COc1ccc([C@H]2OC[C@@H](C(=O)N[C@@H](Cc3ccccc3)C(=O)Oc3ccc([N+](=O)[O-])cc3)N2C(=O)[C@@H](NC(=O)CCC(=O)O)C(C)C)cc1. The fourth-order valence-corrected chi connectivity index (χ4v) is 5.28. The Labute approximate surface area is 287 Å². The van der Waals surface area contributed by atoms with E-state index >= 15 is 0 Å².